The Labute approximate surface area is 163 Å². The minimum absolute atomic E-state index is 0.0694. The average Bonchev–Trinajstić information content (AvgIpc) is 3.19. The Bertz CT molecular complexity index is 959. The Morgan fingerprint density at radius 3 is 2.70 bits per heavy atom. The van der Waals surface area contributed by atoms with Crippen LogP contribution in [0.3, 0.4) is 0 Å². The molecule has 7 heteroatoms. The molecule has 1 aromatic carbocycles. The van der Waals surface area contributed by atoms with Crippen LogP contribution in [-0.2, 0) is 18.4 Å². The minimum atomic E-state index is -0.0694. The lowest BCUT2D eigenvalue weighted by Gasteiger charge is -2.15. The lowest BCUT2D eigenvalue weighted by molar-refractivity contribution is -0.117. The number of aromatic nitrogens is 3. The fraction of sp³-hybridized carbons (Fsp3) is 0.350. The summed E-state index contributed by atoms with van der Waals surface area (Å²) in [5.41, 5.74) is 6.68. The van der Waals surface area contributed by atoms with E-state index in [1.165, 1.54) is 22.5 Å². The van der Waals surface area contributed by atoms with E-state index >= 15 is 0 Å². The molecule has 0 saturated heterocycles. The quantitative estimate of drug-likeness (QED) is 0.707. The predicted molar refractivity (Wildman–Crippen MR) is 110 cm³/mol. The number of nitrogens with zero attached hydrogens (tertiary/aromatic N) is 4. The molecule has 1 N–H and O–H groups in total. The lowest BCUT2D eigenvalue weighted by atomic mass is 10.1. The Kier molecular flexibility index (Phi) is 5.72. The van der Waals surface area contributed by atoms with Crippen LogP contribution >= 0.6 is 11.3 Å². The zero-order valence-electron chi connectivity index (χ0n) is 16.4. The van der Waals surface area contributed by atoms with Crippen molar-refractivity contribution in [2.75, 3.05) is 18.9 Å². The van der Waals surface area contributed by atoms with Crippen LogP contribution in [0.4, 0.5) is 5.13 Å². The summed E-state index contributed by atoms with van der Waals surface area (Å²) in [7, 11) is 3.84. The third-order valence-electron chi connectivity index (χ3n) is 4.74. The van der Waals surface area contributed by atoms with Gasteiger partial charge in [0.25, 0.3) is 0 Å². The van der Waals surface area contributed by atoms with E-state index in [1.54, 1.807) is 0 Å². The van der Waals surface area contributed by atoms with Gasteiger partial charge in [0.1, 0.15) is 0 Å². The molecule has 142 valence electrons. The molecule has 0 saturated carbocycles. The number of hydrogen-bond acceptors (Lipinski definition) is 5. The van der Waals surface area contributed by atoms with Crippen LogP contribution in [0.5, 0.6) is 0 Å². The predicted octanol–water partition coefficient (Wildman–Crippen LogP) is 3.54. The minimum Gasteiger partial charge on any atom is -0.301 e. The number of rotatable bonds is 6. The van der Waals surface area contributed by atoms with E-state index in [9.17, 15) is 4.79 Å². The molecule has 3 rings (SSSR count). The van der Waals surface area contributed by atoms with Gasteiger partial charge in [-0.15, -0.1) is 11.3 Å². The van der Waals surface area contributed by atoms with Crippen molar-refractivity contribution in [3.05, 3.63) is 52.2 Å². The molecule has 1 amide bonds. The van der Waals surface area contributed by atoms with Crippen LogP contribution < -0.4 is 5.32 Å². The summed E-state index contributed by atoms with van der Waals surface area (Å²) in [6.45, 7) is 7.19. The average molecular weight is 384 g/mol. The first-order valence-electron chi connectivity index (χ1n) is 8.82. The molecule has 2 aromatic heterocycles. The molecule has 0 bridgehead atoms. The van der Waals surface area contributed by atoms with E-state index in [0.29, 0.717) is 18.2 Å². The molecule has 0 atom stereocenters. The van der Waals surface area contributed by atoms with E-state index < -0.39 is 0 Å². The molecule has 0 unspecified atom stereocenters. The summed E-state index contributed by atoms with van der Waals surface area (Å²) < 4.78 is 1.84. The van der Waals surface area contributed by atoms with E-state index in [-0.39, 0.29) is 5.91 Å². The van der Waals surface area contributed by atoms with Gasteiger partial charge in [-0.1, -0.05) is 12.1 Å². The molecular formula is C20H25N5OS. The summed E-state index contributed by atoms with van der Waals surface area (Å²) in [6, 6.07) is 6.28. The molecule has 0 aliphatic carbocycles. The molecule has 27 heavy (non-hydrogen) atoms. The summed E-state index contributed by atoms with van der Waals surface area (Å²) in [5.74, 6) is -0.0694. The van der Waals surface area contributed by atoms with Crippen LogP contribution in [0.25, 0.3) is 11.3 Å². The van der Waals surface area contributed by atoms with E-state index in [4.69, 9.17) is 0 Å². The van der Waals surface area contributed by atoms with Crippen molar-refractivity contribution < 1.29 is 4.79 Å². The first-order chi connectivity index (χ1) is 12.8. The summed E-state index contributed by atoms with van der Waals surface area (Å²) in [6.07, 6.45) is 1.85. The van der Waals surface area contributed by atoms with Crippen LogP contribution in [0.15, 0.2) is 29.8 Å². The van der Waals surface area contributed by atoms with Crippen molar-refractivity contribution >= 4 is 22.4 Å². The van der Waals surface area contributed by atoms with E-state index in [2.05, 4.69) is 47.4 Å². The maximum absolute atomic E-state index is 12.3. The second-order valence-electron chi connectivity index (χ2n) is 6.94. The fourth-order valence-corrected chi connectivity index (χ4v) is 3.55. The number of nitrogens with one attached hydrogen (secondary N) is 1. The number of likely N-dealkylation sites (N-methyl/N-ethyl adjacent to an activating group) is 1. The lowest BCUT2D eigenvalue weighted by Crippen LogP contribution is -2.29. The van der Waals surface area contributed by atoms with Gasteiger partial charge in [-0.2, -0.15) is 5.10 Å². The van der Waals surface area contributed by atoms with Crippen molar-refractivity contribution in [2.24, 2.45) is 7.05 Å². The molecular weight excluding hydrogens is 358 g/mol. The molecule has 0 aliphatic rings. The second-order valence-corrected chi connectivity index (χ2v) is 7.79. The van der Waals surface area contributed by atoms with Gasteiger partial charge in [-0.05, 0) is 45.0 Å². The van der Waals surface area contributed by atoms with Gasteiger partial charge in [0, 0.05) is 35.8 Å². The molecule has 0 radical (unpaired) electrons. The Morgan fingerprint density at radius 1 is 1.26 bits per heavy atom. The zero-order chi connectivity index (χ0) is 19.6. The highest BCUT2D eigenvalue weighted by atomic mass is 32.1. The maximum atomic E-state index is 12.3. The zero-order valence-corrected chi connectivity index (χ0v) is 17.2. The highest BCUT2D eigenvalue weighted by Gasteiger charge is 2.13. The number of thiazole rings is 1. The number of carbonyl (C=O) groups is 1. The van der Waals surface area contributed by atoms with Crippen LogP contribution in [0, 0.1) is 20.8 Å². The first-order valence-corrected chi connectivity index (χ1v) is 9.70. The van der Waals surface area contributed by atoms with Crippen molar-refractivity contribution in [1.82, 2.24) is 19.7 Å². The van der Waals surface area contributed by atoms with Crippen molar-refractivity contribution in [3.8, 4) is 11.3 Å². The standard InChI is InChI=1S/C20H25N5OS/c1-13-6-7-16(8-14(13)2)18-12-27-20(22-18)23-19(26)11-24(4)10-17-9-21-25(5)15(17)3/h6-9,12H,10-11H2,1-5H3,(H,22,23,26). The van der Waals surface area contributed by atoms with Crippen molar-refractivity contribution in [3.63, 3.8) is 0 Å². The summed E-state index contributed by atoms with van der Waals surface area (Å²) in [4.78, 5) is 18.9. The second kappa shape index (κ2) is 8.02. The monoisotopic (exact) mass is 383 g/mol. The van der Waals surface area contributed by atoms with Gasteiger partial charge < -0.3 is 5.32 Å². The topological polar surface area (TPSA) is 63.1 Å². The molecule has 2 heterocycles. The Balaban J connectivity index is 1.59. The molecule has 0 spiro atoms. The smallest absolute Gasteiger partial charge is 0.240 e. The fourth-order valence-electron chi connectivity index (χ4n) is 2.81. The van der Waals surface area contributed by atoms with Gasteiger partial charge >= 0.3 is 0 Å². The first kappa shape index (κ1) is 19.3. The van der Waals surface area contributed by atoms with Gasteiger partial charge in [-0.25, -0.2) is 4.98 Å². The largest absolute Gasteiger partial charge is 0.301 e. The van der Waals surface area contributed by atoms with Crippen molar-refractivity contribution in [1.29, 1.82) is 0 Å². The van der Waals surface area contributed by atoms with Gasteiger partial charge in [-0.3, -0.25) is 14.4 Å². The molecule has 3 aromatic rings. The van der Waals surface area contributed by atoms with Gasteiger partial charge in [0.05, 0.1) is 18.4 Å². The number of carbonyl (C=O) groups excluding carboxylic acids is 1. The third kappa shape index (κ3) is 4.61. The van der Waals surface area contributed by atoms with Crippen LogP contribution in [0.2, 0.25) is 0 Å². The Morgan fingerprint density at radius 2 is 2.04 bits per heavy atom. The number of amides is 1. The summed E-state index contributed by atoms with van der Waals surface area (Å²) >= 11 is 1.44. The molecule has 0 fully saturated rings. The highest BCUT2D eigenvalue weighted by Crippen LogP contribution is 2.26. The van der Waals surface area contributed by atoms with Crippen molar-refractivity contribution in [2.45, 2.75) is 27.3 Å². The number of aryl methyl sites for hydroxylation is 3. The SMILES string of the molecule is Cc1ccc(-c2csc(NC(=O)CN(C)Cc3cnn(C)c3C)n2)cc1C. The molecule has 6 nitrogen and oxygen atoms in total. The van der Waals surface area contributed by atoms with Crippen LogP contribution in [0.1, 0.15) is 22.4 Å². The maximum Gasteiger partial charge on any atom is 0.240 e. The number of hydrogen-bond donors (Lipinski definition) is 1. The highest BCUT2D eigenvalue weighted by molar-refractivity contribution is 7.14. The van der Waals surface area contributed by atoms with E-state index in [0.717, 1.165) is 22.5 Å². The number of benzene rings is 1. The Hall–Kier alpha value is -2.51. The molecule has 0 aliphatic heterocycles. The summed E-state index contributed by atoms with van der Waals surface area (Å²) in [5, 5.41) is 9.74. The normalized spacial score (nSPS) is 11.2. The number of anilines is 1. The van der Waals surface area contributed by atoms with E-state index in [1.807, 2.05) is 42.2 Å². The van der Waals surface area contributed by atoms with Gasteiger partial charge in [0.15, 0.2) is 5.13 Å². The third-order valence-corrected chi connectivity index (χ3v) is 5.50. The van der Waals surface area contributed by atoms with Gasteiger partial charge in [0.2, 0.25) is 5.91 Å². The van der Waals surface area contributed by atoms with Crippen LogP contribution in [-0.4, -0.2) is 39.2 Å².